The van der Waals surface area contributed by atoms with Gasteiger partial charge in [0.05, 0.1) is 52.0 Å². The van der Waals surface area contributed by atoms with Crippen molar-refractivity contribution in [1.29, 1.82) is 0 Å². The summed E-state index contributed by atoms with van der Waals surface area (Å²) in [7, 11) is 3.98. The Morgan fingerprint density at radius 2 is 1.95 bits per heavy atom. The van der Waals surface area contributed by atoms with Gasteiger partial charge >= 0.3 is 0 Å². The van der Waals surface area contributed by atoms with E-state index in [1.807, 2.05) is 32.5 Å². The molecule has 10 nitrogen and oxygen atoms in total. The number of hydrogen-bond donors (Lipinski definition) is 2. The van der Waals surface area contributed by atoms with Gasteiger partial charge in [-0.3, -0.25) is 19.7 Å². The molecule has 2 N–H and O–H groups in total. The number of pyridine rings is 1. The second-order valence-corrected chi connectivity index (χ2v) is 10.3. The number of H-pyrrole nitrogens is 1. The fourth-order valence-electron chi connectivity index (χ4n) is 5.46. The molecule has 5 aromatic rings. The molecule has 10 heteroatoms. The first kappa shape index (κ1) is 23.6. The van der Waals surface area contributed by atoms with Crippen LogP contribution < -0.4 is 4.74 Å². The van der Waals surface area contributed by atoms with Crippen molar-refractivity contribution >= 4 is 21.8 Å². The quantitative estimate of drug-likeness (QED) is 0.380. The van der Waals surface area contributed by atoms with Crippen LogP contribution in [0.1, 0.15) is 37.0 Å². The van der Waals surface area contributed by atoms with Gasteiger partial charge in [0.2, 0.25) is 5.88 Å². The second-order valence-electron chi connectivity index (χ2n) is 10.3. The number of nitrogens with one attached hydrogen (secondary N) is 1. The number of nitrogens with zero attached hydrogens (tertiary/aromatic N) is 7. The highest BCUT2D eigenvalue weighted by atomic mass is 16.5. The molecule has 0 unspecified atom stereocenters. The van der Waals surface area contributed by atoms with Gasteiger partial charge in [0, 0.05) is 36.5 Å². The zero-order valence-corrected chi connectivity index (χ0v) is 22.1. The van der Waals surface area contributed by atoms with Crippen molar-refractivity contribution in [2.75, 3.05) is 20.2 Å². The molecule has 0 saturated heterocycles. The summed E-state index contributed by atoms with van der Waals surface area (Å²) in [5.74, 6) is 0.702. The summed E-state index contributed by atoms with van der Waals surface area (Å²) >= 11 is 0. The van der Waals surface area contributed by atoms with Crippen molar-refractivity contribution in [3.05, 3.63) is 41.3 Å². The number of ether oxygens (including phenoxy) is 1. The van der Waals surface area contributed by atoms with Gasteiger partial charge in [-0.15, -0.1) is 0 Å². The Bertz CT molecular complexity index is 1650. The standard InChI is InChI=1S/C27H32N8O2/c1-14(13-36)35-23-8-7-18-9-19(23)22(32-35)12-33(5)11-15(2)37-27-24(16(3)31-34(27)6)21-10-20-25(17(4)28-21)29-30-26(18)20/h7-10,14-15,36H,11-13H2,1-6H3,(H,29,30)/t14-,15-/m0/s1. The van der Waals surface area contributed by atoms with Gasteiger partial charge in [0.15, 0.2) is 0 Å². The zero-order valence-electron chi connectivity index (χ0n) is 22.1. The van der Waals surface area contributed by atoms with Gasteiger partial charge < -0.3 is 9.84 Å². The minimum absolute atomic E-state index is 0.0180. The predicted octanol–water partition coefficient (Wildman–Crippen LogP) is 3.76. The number of rotatable bonds is 2. The number of aromatic nitrogens is 7. The number of aryl methyl sites for hydroxylation is 3. The van der Waals surface area contributed by atoms with Crippen LogP contribution in [0.2, 0.25) is 0 Å². The monoisotopic (exact) mass is 500 g/mol. The van der Waals surface area contributed by atoms with Crippen molar-refractivity contribution in [2.45, 2.75) is 46.4 Å². The van der Waals surface area contributed by atoms with Crippen molar-refractivity contribution in [3.8, 4) is 28.4 Å². The topological polar surface area (TPSA) is 110 Å². The molecule has 1 aromatic carbocycles. The number of benzene rings is 1. The molecule has 4 aromatic heterocycles. The SMILES string of the molecule is Cc1nn(C)c2c1-c1cc3c(n[nH]c3c(C)n1)-c1ccc3c(c1)c(nn3[C@@H](C)CO)CN(C)C[C@H](C)O2. The Morgan fingerprint density at radius 3 is 2.73 bits per heavy atom. The molecular formula is C27H32N8O2. The highest BCUT2D eigenvalue weighted by Gasteiger charge is 2.24. The fraction of sp³-hybridized carbons (Fsp3) is 0.407. The number of hydrogen-bond acceptors (Lipinski definition) is 7. The minimum Gasteiger partial charge on any atom is -0.473 e. The van der Waals surface area contributed by atoms with Crippen LogP contribution in [-0.2, 0) is 13.6 Å². The molecule has 0 spiro atoms. The summed E-state index contributed by atoms with van der Waals surface area (Å²) in [6.45, 7) is 9.38. The minimum atomic E-state index is -0.130. The van der Waals surface area contributed by atoms with E-state index < -0.39 is 0 Å². The summed E-state index contributed by atoms with van der Waals surface area (Å²) in [5.41, 5.74) is 8.16. The molecular weight excluding hydrogens is 468 g/mol. The largest absolute Gasteiger partial charge is 0.473 e. The Kier molecular flexibility index (Phi) is 5.54. The van der Waals surface area contributed by atoms with E-state index in [9.17, 15) is 5.11 Å². The van der Waals surface area contributed by atoms with Gasteiger partial charge in [-0.1, -0.05) is 6.07 Å². The maximum absolute atomic E-state index is 9.86. The van der Waals surface area contributed by atoms with Crippen LogP contribution >= 0.6 is 0 Å². The van der Waals surface area contributed by atoms with E-state index in [1.54, 1.807) is 4.68 Å². The molecule has 5 heterocycles. The van der Waals surface area contributed by atoms with Crippen molar-refractivity contribution < 1.29 is 9.84 Å². The first-order chi connectivity index (χ1) is 17.7. The first-order valence-corrected chi connectivity index (χ1v) is 12.6. The Labute approximate surface area is 214 Å². The first-order valence-electron chi connectivity index (χ1n) is 12.6. The van der Waals surface area contributed by atoms with Crippen LogP contribution in [0.25, 0.3) is 44.3 Å². The third kappa shape index (κ3) is 3.79. The summed E-state index contributed by atoms with van der Waals surface area (Å²) in [6, 6.07) is 8.27. The fourth-order valence-corrected chi connectivity index (χ4v) is 5.46. The maximum atomic E-state index is 9.86. The molecule has 37 heavy (non-hydrogen) atoms. The van der Waals surface area contributed by atoms with E-state index in [4.69, 9.17) is 19.9 Å². The molecule has 0 radical (unpaired) electrons. The number of aromatic amines is 1. The highest BCUT2D eigenvalue weighted by Crippen LogP contribution is 2.38. The molecule has 1 aliphatic rings. The Morgan fingerprint density at radius 1 is 1.14 bits per heavy atom. The van der Waals surface area contributed by atoms with E-state index in [0.717, 1.165) is 61.4 Å². The zero-order chi connectivity index (χ0) is 26.0. The predicted molar refractivity (Wildman–Crippen MR) is 143 cm³/mol. The number of likely N-dealkylation sites (N-methyl/N-ethyl adjacent to an activating group) is 1. The molecule has 0 fully saturated rings. The number of aliphatic hydroxyl groups excluding tert-OH is 1. The van der Waals surface area contributed by atoms with Gasteiger partial charge in [-0.25, -0.2) is 4.68 Å². The van der Waals surface area contributed by atoms with Crippen molar-refractivity contribution in [3.63, 3.8) is 0 Å². The third-order valence-electron chi connectivity index (χ3n) is 7.20. The Hall–Kier alpha value is -3.76. The lowest BCUT2D eigenvalue weighted by molar-refractivity contribution is 0.148. The maximum Gasteiger partial charge on any atom is 0.221 e. The average Bonchev–Trinajstić information content (AvgIpc) is 3.51. The third-order valence-corrected chi connectivity index (χ3v) is 7.20. The highest BCUT2D eigenvalue weighted by molar-refractivity contribution is 5.98. The molecule has 0 amide bonds. The normalized spacial score (nSPS) is 17.2. The van der Waals surface area contributed by atoms with Gasteiger partial charge in [0.1, 0.15) is 11.8 Å². The molecule has 0 saturated carbocycles. The van der Waals surface area contributed by atoms with Gasteiger partial charge in [-0.2, -0.15) is 15.3 Å². The second kappa shape index (κ2) is 8.67. The number of aliphatic hydroxyl groups is 1. The summed E-state index contributed by atoms with van der Waals surface area (Å²) < 4.78 is 10.2. The molecule has 0 aliphatic carbocycles. The Balaban J connectivity index is 1.64. The van der Waals surface area contributed by atoms with E-state index in [0.29, 0.717) is 19.0 Å². The number of fused-ring (bicyclic) bond motifs is 5. The molecule has 192 valence electrons. The van der Waals surface area contributed by atoms with Crippen LogP contribution in [0.15, 0.2) is 24.3 Å². The lowest BCUT2D eigenvalue weighted by Gasteiger charge is -2.22. The molecule has 1 aliphatic heterocycles. The van der Waals surface area contributed by atoms with Gasteiger partial charge in [0.25, 0.3) is 0 Å². The van der Waals surface area contributed by atoms with Gasteiger partial charge in [-0.05, 0) is 52.9 Å². The van der Waals surface area contributed by atoms with Crippen molar-refractivity contribution in [2.24, 2.45) is 7.05 Å². The van der Waals surface area contributed by atoms with E-state index >= 15 is 0 Å². The van der Waals surface area contributed by atoms with Crippen LogP contribution in [0.5, 0.6) is 5.88 Å². The molecule has 2 atom stereocenters. The lowest BCUT2D eigenvalue weighted by atomic mass is 10.0. The van der Waals surface area contributed by atoms with Crippen molar-refractivity contribution in [1.82, 2.24) is 39.6 Å². The van der Waals surface area contributed by atoms with Crippen LogP contribution in [0.4, 0.5) is 0 Å². The van der Waals surface area contributed by atoms with E-state index in [2.05, 4.69) is 53.3 Å². The van der Waals surface area contributed by atoms with Crippen LogP contribution in [0.3, 0.4) is 0 Å². The van der Waals surface area contributed by atoms with Crippen LogP contribution in [0, 0.1) is 13.8 Å². The summed E-state index contributed by atoms with van der Waals surface area (Å²) in [4.78, 5) is 7.14. The summed E-state index contributed by atoms with van der Waals surface area (Å²) in [6.07, 6.45) is -0.0988. The molecule has 6 rings (SSSR count). The lowest BCUT2D eigenvalue weighted by Crippen LogP contribution is -2.31. The average molecular weight is 501 g/mol. The molecule has 4 bridgehead atoms. The van der Waals surface area contributed by atoms with E-state index in [1.165, 1.54) is 0 Å². The van der Waals surface area contributed by atoms with Crippen LogP contribution in [-0.4, -0.2) is 71.1 Å². The van der Waals surface area contributed by atoms with E-state index in [-0.39, 0.29) is 18.8 Å². The smallest absolute Gasteiger partial charge is 0.221 e. The summed E-state index contributed by atoms with van der Waals surface area (Å²) in [5, 5.41) is 29.4.